The fourth-order valence-corrected chi connectivity index (χ4v) is 4.78. The number of ether oxygens (including phenoxy) is 1. The second-order valence-corrected chi connectivity index (χ2v) is 9.10. The Morgan fingerprint density at radius 1 is 0.946 bits per heavy atom. The molecule has 1 unspecified atom stereocenters. The van der Waals surface area contributed by atoms with Gasteiger partial charge < -0.3 is 15.0 Å². The molecule has 186 valence electrons. The van der Waals surface area contributed by atoms with E-state index in [-0.39, 0.29) is 11.8 Å². The van der Waals surface area contributed by atoms with Crippen LogP contribution >= 0.6 is 0 Å². The van der Waals surface area contributed by atoms with Crippen molar-refractivity contribution in [3.63, 3.8) is 0 Å². The van der Waals surface area contributed by atoms with Gasteiger partial charge in [-0.1, -0.05) is 61.5 Å². The largest absolute Gasteiger partial charge is 0.457 e. The summed E-state index contributed by atoms with van der Waals surface area (Å²) in [6, 6.07) is 30.0. The van der Waals surface area contributed by atoms with Crippen LogP contribution in [0.2, 0.25) is 0 Å². The molecular weight excluding hydrogens is 458 g/mol. The summed E-state index contributed by atoms with van der Waals surface area (Å²) in [5.74, 6) is 1.41. The number of aromatic nitrogens is 2. The molecule has 0 aliphatic heterocycles. The summed E-state index contributed by atoms with van der Waals surface area (Å²) >= 11 is 0. The van der Waals surface area contributed by atoms with Gasteiger partial charge in [-0.05, 0) is 59.5 Å². The summed E-state index contributed by atoms with van der Waals surface area (Å²) < 4.78 is 6.11. The average molecular weight is 490 g/mol. The molecule has 0 spiro atoms. The highest BCUT2D eigenvalue weighted by Crippen LogP contribution is 2.36. The number of pyridine rings is 1. The molecule has 0 aliphatic carbocycles. The second-order valence-electron chi connectivity index (χ2n) is 9.10. The minimum Gasteiger partial charge on any atom is -0.457 e. The SMILES string of the molecule is CCc1cccc2c(C(CC(=O)NCCc3ccccn3)c3cccc(Oc4ccccc4)c3)c[nH]c12. The topological polar surface area (TPSA) is 67.0 Å². The number of rotatable bonds is 10. The van der Waals surface area contributed by atoms with Gasteiger partial charge in [0.05, 0.1) is 0 Å². The maximum atomic E-state index is 13.2. The van der Waals surface area contributed by atoms with Crippen molar-refractivity contribution in [3.05, 3.63) is 126 Å². The summed E-state index contributed by atoms with van der Waals surface area (Å²) in [6.45, 7) is 2.71. The number of amides is 1. The van der Waals surface area contributed by atoms with E-state index in [2.05, 4.69) is 52.7 Å². The molecule has 2 aromatic heterocycles. The number of hydrogen-bond acceptors (Lipinski definition) is 3. The molecule has 0 fully saturated rings. The molecule has 5 heteroatoms. The van der Waals surface area contributed by atoms with Crippen molar-refractivity contribution < 1.29 is 9.53 Å². The van der Waals surface area contributed by atoms with E-state index in [1.54, 1.807) is 6.20 Å². The summed E-state index contributed by atoms with van der Waals surface area (Å²) in [7, 11) is 0. The zero-order valence-corrected chi connectivity index (χ0v) is 21.0. The quantitative estimate of drug-likeness (QED) is 0.227. The van der Waals surface area contributed by atoms with Gasteiger partial charge in [0, 0.05) is 54.3 Å². The van der Waals surface area contributed by atoms with Crippen molar-refractivity contribution in [1.29, 1.82) is 0 Å². The summed E-state index contributed by atoms with van der Waals surface area (Å²) in [4.78, 5) is 21.0. The number of nitrogens with zero attached hydrogens (tertiary/aromatic N) is 1. The highest BCUT2D eigenvalue weighted by atomic mass is 16.5. The van der Waals surface area contributed by atoms with Gasteiger partial charge in [0.25, 0.3) is 0 Å². The predicted octanol–water partition coefficient (Wildman–Crippen LogP) is 6.80. The van der Waals surface area contributed by atoms with Crippen LogP contribution in [0.3, 0.4) is 0 Å². The lowest BCUT2D eigenvalue weighted by atomic mass is 9.87. The Hall–Kier alpha value is -4.38. The first-order valence-corrected chi connectivity index (χ1v) is 12.8. The van der Waals surface area contributed by atoms with Crippen LogP contribution in [0, 0.1) is 0 Å². The highest BCUT2D eigenvalue weighted by molar-refractivity contribution is 5.88. The summed E-state index contributed by atoms with van der Waals surface area (Å²) in [5.41, 5.74) is 5.52. The van der Waals surface area contributed by atoms with Crippen molar-refractivity contribution in [3.8, 4) is 11.5 Å². The Labute approximate surface area is 217 Å². The molecule has 5 rings (SSSR count). The second kappa shape index (κ2) is 11.6. The molecular formula is C32H31N3O2. The Balaban J connectivity index is 1.42. The van der Waals surface area contributed by atoms with E-state index in [9.17, 15) is 4.79 Å². The number of hydrogen-bond donors (Lipinski definition) is 2. The number of fused-ring (bicyclic) bond motifs is 1. The molecule has 5 aromatic rings. The van der Waals surface area contributed by atoms with E-state index >= 15 is 0 Å². The van der Waals surface area contributed by atoms with Crippen molar-refractivity contribution in [2.24, 2.45) is 0 Å². The number of carbonyl (C=O) groups is 1. The molecule has 1 amide bonds. The lowest BCUT2D eigenvalue weighted by Gasteiger charge is -2.18. The number of aromatic amines is 1. The van der Waals surface area contributed by atoms with Crippen molar-refractivity contribution in [2.75, 3.05) is 6.54 Å². The monoisotopic (exact) mass is 489 g/mol. The van der Waals surface area contributed by atoms with Crippen molar-refractivity contribution in [1.82, 2.24) is 15.3 Å². The van der Waals surface area contributed by atoms with Gasteiger partial charge in [-0.25, -0.2) is 0 Å². The minimum absolute atomic E-state index is 0.0105. The summed E-state index contributed by atoms with van der Waals surface area (Å²) in [5, 5.41) is 4.25. The van der Waals surface area contributed by atoms with E-state index in [0.29, 0.717) is 19.4 Å². The van der Waals surface area contributed by atoms with Crippen LogP contribution in [-0.4, -0.2) is 22.4 Å². The van der Waals surface area contributed by atoms with Gasteiger partial charge >= 0.3 is 0 Å². The van der Waals surface area contributed by atoms with Crippen molar-refractivity contribution >= 4 is 16.8 Å². The van der Waals surface area contributed by atoms with Gasteiger partial charge in [0.15, 0.2) is 0 Å². The maximum Gasteiger partial charge on any atom is 0.220 e. The van der Waals surface area contributed by atoms with Gasteiger partial charge in [-0.15, -0.1) is 0 Å². The van der Waals surface area contributed by atoms with Crippen LogP contribution in [0.25, 0.3) is 10.9 Å². The zero-order valence-electron chi connectivity index (χ0n) is 21.0. The van der Waals surface area contributed by atoms with Crippen LogP contribution in [-0.2, 0) is 17.6 Å². The normalized spacial score (nSPS) is 11.8. The molecule has 0 bridgehead atoms. The summed E-state index contributed by atoms with van der Waals surface area (Å²) in [6.07, 6.45) is 5.81. The number of aryl methyl sites for hydroxylation is 1. The Morgan fingerprint density at radius 2 is 1.76 bits per heavy atom. The van der Waals surface area contributed by atoms with Crippen molar-refractivity contribution in [2.45, 2.75) is 32.1 Å². The number of para-hydroxylation sites is 2. The van der Waals surface area contributed by atoms with Gasteiger partial charge in [0.1, 0.15) is 11.5 Å². The smallest absolute Gasteiger partial charge is 0.220 e. The number of benzene rings is 3. The molecule has 3 aromatic carbocycles. The third kappa shape index (κ3) is 5.89. The van der Waals surface area contributed by atoms with E-state index in [0.717, 1.165) is 45.6 Å². The van der Waals surface area contributed by atoms with E-state index in [4.69, 9.17) is 4.74 Å². The van der Waals surface area contributed by atoms with E-state index < -0.39 is 0 Å². The molecule has 5 nitrogen and oxygen atoms in total. The molecule has 2 N–H and O–H groups in total. The first-order valence-electron chi connectivity index (χ1n) is 12.8. The average Bonchev–Trinajstić information content (AvgIpc) is 3.37. The predicted molar refractivity (Wildman–Crippen MR) is 148 cm³/mol. The Bertz CT molecular complexity index is 1460. The van der Waals surface area contributed by atoms with Crippen LogP contribution in [0.4, 0.5) is 0 Å². The minimum atomic E-state index is -0.130. The Morgan fingerprint density at radius 3 is 2.57 bits per heavy atom. The van der Waals surface area contributed by atoms with Crippen LogP contribution in [0.15, 0.2) is 103 Å². The third-order valence-corrected chi connectivity index (χ3v) is 6.65. The van der Waals surface area contributed by atoms with Gasteiger partial charge in [0.2, 0.25) is 5.91 Å². The molecule has 37 heavy (non-hydrogen) atoms. The van der Waals surface area contributed by atoms with Gasteiger partial charge in [-0.3, -0.25) is 9.78 Å². The maximum absolute atomic E-state index is 13.2. The fraction of sp³-hybridized carbons (Fsp3) is 0.188. The molecule has 1 atom stereocenters. The standard InChI is InChI=1S/C32H31N3O2/c1-2-23-10-9-16-28-30(22-35-32(23)28)29(21-31(36)34-19-17-25-12-6-7-18-33-25)24-11-8-15-27(20-24)37-26-13-4-3-5-14-26/h3-16,18,20,22,29,35H,2,17,19,21H2,1H3,(H,34,36). The lowest BCUT2D eigenvalue weighted by molar-refractivity contribution is -0.121. The van der Waals surface area contributed by atoms with Crippen LogP contribution < -0.4 is 10.1 Å². The molecule has 2 heterocycles. The number of carbonyl (C=O) groups excluding carboxylic acids is 1. The molecule has 0 saturated carbocycles. The molecule has 0 aliphatic rings. The van der Waals surface area contributed by atoms with Crippen LogP contribution in [0.5, 0.6) is 11.5 Å². The Kier molecular flexibility index (Phi) is 7.60. The van der Waals surface area contributed by atoms with Gasteiger partial charge in [-0.2, -0.15) is 0 Å². The molecule has 0 saturated heterocycles. The third-order valence-electron chi connectivity index (χ3n) is 6.65. The van der Waals surface area contributed by atoms with E-state index in [1.165, 1.54) is 5.56 Å². The lowest BCUT2D eigenvalue weighted by Crippen LogP contribution is -2.27. The highest BCUT2D eigenvalue weighted by Gasteiger charge is 2.22. The number of H-pyrrole nitrogens is 1. The zero-order chi connectivity index (χ0) is 25.5. The van der Waals surface area contributed by atoms with Crippen LogP contribution in [0.1, 0.15) is 41.6 Å². The first-order chi connectivity index (χ1) is 18.2. The number of nitrogens with one attached hydrogen (secondary N) is 2. The first kappa shape index (κ1) is 24.3. The molecule has 0 radical (unpaired) electrons. The fourth-order valence-electron chi connectivity index (χ4n) is 4.78. The van der Waals surface area contributed by atoms with E-state index in [1.807, 2.05) is 66.7 Å².